The molecule has 0 aliphatic carbocycles. The van der Waals surface area contributed by atoms with Crippen LogP contribution in [0.1, 0.15) is 6.42 Å². The van der Waals surface area contributed by atoms with Gasteiger partial charge in [0.25, 0.3) is 0 Å². The first-order chi connectivity index (χ1) is 2.41. The van der Waals surface area contributed by atoms with Gasteiger partial charge in [-0.15, -0.1) is 6.58 Å². The molecule has 0 rings (SSSR count). The SMILES string of the molecule is C=CCC=O.N. The van der Waals surface area contributed by atoms with Crippen molar-refractivity contribution in [3.8, 4) is 0 Å². The molecular weight excluding hydrogens is 78.0 g/mol. The largest absolute Gasteiger partial charge is 0.344 e. The third-order valence-electron chi connectivity index (χ3n) is 0.263. The first-order valence-corrected chi connectivity index (χ1v) is 1.46. The fraction of sp³-hybridized carbons (Fsp3) is 0.250. The number of aldehydes is 1. The van der Waals surface area contributed by atoms with Gasteiger partial charge in [0.1, 0.15) is 6.29 Å². The van der Waals surface area contributed by atoms with Crippen molar-refractivity contribution < 1.29 is 4.79 Å². The van der Waals surface area contributed by atoms with Crippen molar-refractivity contribution >= 4 is 6.29 Å². The Balaban J connectivity index is 0. The lowest BCUT2D eigenvalue weighted by atomic mass is 10.5. The van der Waals surface area contributed by atoms with Crippen molar-refractivity contribution in [1.82, 2.24) is 6.15 Å². The number of rotatable bonds is 2. The second-order valence-corrected chi connectivity index (χ2v) is 0.691. The zero-order valence-corrected chi connectivity index (χ0v) is 3.68. The molecule has 6 heavy (non-hydrogen) atoms. The summed E-state index contributed by atoms with van der Waals surface area (Å²) in [7, 11) is 0. The first-order valence-electron chi connectivity index (χ1n) is 1.46. The molecule has 0 radical (unpaired) electrons. The first kappa shape index (κ1) is 9.03. The Morgan fingerprint density at radius 1 is 1.67 bits per heavy atom. The van der Waals surface area contributed by atoms with Crippen LogP contribution >= 0.6 is 0 Å². The lowest BCUT2D eigenvalue weighted by Gasteiger charge is -1.59. The van der Waals surface area contributed by atoms with E-state index in [1.165, 1.54) is 0 Å². The van der Waals surface area contributed by atoms with Gasteiger partial charge < -0.3 is 10.9 Å². The molecule has 0 saturated heterocycles. The number of hydrogen-bond donors (Lipinski definition) is 1. The van der Waals surface area contributed by atoms with Gasteiger partial charge in [-0.1, -0.05) is 6.08 Å². The predicted octanol–water partition coefficient (Wildman–Crippen LogP) is 0.923. The molecule has 0 heterocycles. The fourth-order valence-corrected chi connectivity index (χ4v) is 0.0680. The van der Waals surface area contributed by atoms with Crippen LogP contribution < -0.4 is 6.15 Å². The van der Waals surface area contributed by atoms with Gasteiger partial charge in [0.15, 0.2) is 0 Å². The van der Waals surface area contributed by atoms with Crippen LogP contribution in [0.15, 0.2) is 12.7 Å². The van der Waals surface area contributed by atoms with Gasteiger partial charge in [-0.05, 0) is 0 Å². The zero-order valence-electron chi connectivity index (χ0n) is 3.68. The predicted molar refractivity (Wildman–Crippen MR) is 25.9 cm³/mol. The molecule has 36 valence electrons. The van der Waals surface area contributed by atoms with Crippen molar-refractivity contribution in [2.24, 2.45) is 0 Å². The van der Waals surface area contributed by atoms with Gasteiger partial charge in [-0.2, -0.15) is 0 Å². The van der Waals surface area contributed by atoms with Gasteiger partial charge in [0.05, 0.1) is 0 Å². The molecule has 0 aromatic rings. The number of hydrogen-bond acceptors (Lipinski definition) is 2. The summed E-state index contributed by atoms with van der Waals surface area (Å²) in [6.45, 7) is 3.32. The van der Waals surface area contributed by atoms with E-state index in [1.807, 2.05) is 0 Å². The van der Waals surface area contributed by atoms with E-state index in [0.29, 0.717) is 6.42 Å². The van der Waals surface area contributed by atoms with Crippen LogP contribution in [0.3, 0.4) is 0 Å². The average molecular weight is 87.1 g/mol. The normalized spacial score (nSPS) is 5.33. The van der Waals surface area contributed by atoms with Crippen LogP contribution in [-0.2, 0) is 4.79 Å². The Morgan fingerprint density at radius 2 is 2.17 bits per heavy atom. The van der Waals surface area contributed by atoms with Crippen LogP contribution in [0.4, 0.5) is 0 Å². The van der Waals surface area contributed by atoms with E-state index >= 15 is 0 Å². The molecule has 0 aromatic carbocycles. The minimum atomic E-state index is 0. The molecule has 0 unspecified atom stereocenters. The second kappa shape index (κ2) is 8.84. The zero-order chi connectivity index (χ0) is 4.12. The van der Waals surface area contributed by atoms with Crippen LogP contribution in [0.5, 0.6) is 0 Å². The molecule has 0 spiro atoms. The van der Waals surface area contributed by atoms with E-state index in [9.17, 15) is 4.79 Å². The highest BCUT2D eigenvalue weighted by atomic mass is 16.1. The maximum Gasteiger partial charge on any atom is 0.123 e. The maximum atomic E-state index is 9.33. The van der Waals surface area contributed by atoms with E-state index < -0.39 is 0 Å². The van der Waals surface area contributed by atoms with Crippen molar-refractivity contribution in [2.45, 2.75) is 6.42 Å². The fourth-order valence-electron chi connectivity index (χ4n) is 0.0680. The molecule has 0 amide bonds. The Morgan fingerprint density at radius 3 is 2.17 bits per heavy atom. The number of carbonyl (C=O) groups excluding carboxylic acids is 1. The monoisotopic (exact) mass is 87.1 g/mol. The Labute approximate surface area is 37.4 Å². The summed E-state index contributed by atoms with van der Waals surface area (Å²) in [5, 5.41) is 0. The van der Waals surface area contributed by atoms with Crippen molar-refractivity contribution in [3.05, 3.63) is 12.7 Å². The van der Waals surface area contributed by atoms with Gasteiger partial charge >= 0.3 is 0 Å². The third kappa shape index (κ3) is 10.1. The Kier molecular flexibility index (Phi) is 13.3. The molecule has 0 saturated carbocycles. The third-order valence-corrected chi connectivity index (χ3v) is 0.263. The smallest absolute Gasteiger partial charge is 0.123 e. The number of allylic oxidation sites excluding steroid dienone is 1. The second-order valence-electron chi connectivity index (χ2n) is 0.691. The average Bonchev–Trinajstić information content (AvgIpc) is 1.41. The summed E-state index contributed by atoms with van der Waals surface area (Å²) < 4.78 is 0. The quantitative estimate of drug-likeness (QED) is 0.402. The van der Waals surface area contributed by atoms with E-state index in [-0.39, 0.29) is 6.15 Å². The Hall–Kier alpha value is -0.630. The summed E-state index contributed by atoms with van der Waals surface area (Å²) in [5.74, 6) is 0. The Bertz CT molecular complexity index is 36.8. The van der Waals surface area contributed by atoms with Gasteiger partial charge in [-0.25, -0.2) is 0 Å². The highest BCUT2D eigenvalue weighted by molar-refractivity contribution is 5.51. The van der Waals surface area contributed by atoms with E-state index in [2.05, 4.69) is 6.58 Å². The molecule has 3 N–H and O–H groups in total. The van der Waals surface area contributed by atoms with Crippen LogP contribution in [0, 0.1) is 0 Å². The molecule has 2 heteroatoms. The lowest BCUT2D eigenvalue weighted by molar-refractivity contribution is -0.107. The van der Waals surface area contributed by atoms with E-state index in [1.54, 1.807) is 6.08 Å². The summed E-state index contributed by atoms with van der Waals surface area (Å²) in [6.07, 6.45) is 2.85. The lowest BCUT2D eigenvalue weighted by Crippen LogP contribution is -1.59. The summed E-state index contributed by atoms with van der Waals surface area (Å²) in [5.41, 5.74) is 0. The standard InChI is InChI=1S/C4H6O.H3N/c1-2-3-4-5;/h2,4H,1,3H2;1H3. The van der Waals surface area contributed by atoms with Crippen LogP contribution in [0.25, 0.3) is 0 Å². The van der Waals surface area contributed by atoms with E-state index in [4.69, 9.17) is 0 Å². The highest BCUT2D eigenvalue weighted by Crippen LogP contribution is 1.64. The van der Waals surface area contributed by atoms with Gasteiger partial charge in [0.2, 0.25) is 0 Å². The number of carbonyl (C=O) groups is 1. The molecular formula is C4H9NO. The van der Waals surface area contributed by atoms with Crippen LogP contribution in [-0.4, -0.2) is 6.29 Å². The topological polar surface area (TPSA) is 52.1 Å². The minimum absolute atomic E-state index is 0. The molecule has 2 nitrogen and oxygen atoms in total. The summed E-state index contributed by atoms with van der Waals surface area (Å²) in [6, 6.07) is 0. The molecule has 0 fully saturated rings. The van der Waals surface area contributed by atoms with Gasteiger partial charge in [0, 0.05) is 6.42 Å². The van der Waals surface area contributed by atoms with Crippen molar-refractivity contribution in [3.63, 3.8) is 0 Å². The molecule has 0 aliphatic rings. The maximum absolute atomic E-state index is 9.33. The van der Waals surface area contributed by atoms with Crippen molar-refractivity contribution in [1.29, 1.82) is 0 Å². The highest BCUT2D eigenvalue weighted by Gasteiger charge is 1.59. The summed E-state index contributed by atoms with van der Waals surface area (Å²) in [4.78, 5) is 9.33. The van der Waals surface area contributed by atoms with Crippen LogP contribution in [0.2, 0.25) is 0 Å². The van der Waals surface area contributed by atoms with E-state index in [0.717, 1.165) is 6.29 Å². The summed E-state index contributed by atoms with van der Waals surface area (Å²) >= 11 is 0. The minimum Gasteiger partial charge on any atom is -0.344 e. The van der Waals surface area contributed by atoms with Gasteiger partial charge in [-0.3, -0.25) is 0 Å². The molecule has 0 bridgehead atoms. The molecule has 0 aliphatic heterocycles. The molecule has 0 atom stereocenters. The van der Waals surface area contributed by atoms with Crippen molar-refractivity contribution in [2.75, 3.05) is 0 Å². The molecule has 0 aromatic heterocycles.